The first-order valence-corrected chi connectivity index (χ1v) is 25.5. The molecule has 0 saturated carbocycles. The molecule has 2 rings (SSSR count). The summed E-state index contributed by atoms with van der Waals surface area (Å²) < 4.78 is 11.6. The van der Waals surface area contributed by atoms with E-state index in [2.05, 4.69) is 55.4 Å². The molecule has 0 aromatic carbocycles. The van der Waals surface area contributed by atoms with Gasteiger partial charge in [-0.1, -0.05) is 120 Å². The Bertz CT molecular complexity index is 1250. The molecule has 0 spiro atoms. The lowest BCUT2D eigenvalue weighted by Gasteiger charge is -2.32. The minimum Gasteiger partial charge on any atom is -0.396 e. The highest BCUT2D eigenvalue weighted by Gasteiger charge is 2.35. The first kappa shape index (κ1) is 58.7. The average molecular weight is 895 g/mol. The molecule has 12 heteroatoms. The topological polar surface area (TPSA) is 140 Å². The highest BCUT2D eigenvalue weighted by Crippen LogP contribution is 2.39. The van der Waals surface area contributed by atoms with Crippen molar-refractivity contribution in [3.8, 4) is 0 Å². The van der Waals surface area contributed by atoms with Gasteiger partial charge in [-0.15, -0.1) is 0 Å². The van der Waals surface area contributed by atoms with Crippen LogP contribution in [0.2, 0.25) is 0 Å². The summed E-state index contributed by atoms with van der Waals surface area (Å²) in [7, 11) is 1.68. The predicted molar refractivity (Wildman–Crippen MR) is 257 cm³/mol. The minimum atomic E-state index is -0.159. The fourth-order valence-electron chi connectivity index (χ4n) is 9.04. The van der Waals surface area contributed by atoms with Gasteiger partial charge < -0.3 is 29.5 Å². The van der Waals surface area contributed by atoms with Crippen molar-refractivity contribution in [2.75, 3.05) is 79.4 Å². The molecule has 2 aliphatic rings. The van der Waals surface area contributed by atoms with Gasteiger partial charge >= 0.3 is 12.1 Å². The molecule has 63 heavy (non-hydrogen) atoms. The van der Waals surface area contributed by atoms with Crippen LogP contribution >= 0.6 is 0 Å². The Balaban J connectivity index is 0.000000875. The normalized spacial score (nSPS) is 15.4. The molecule has 0 radical (unpaired) electrons. The van der Waals surface area contributed by atoms with Crippen LogP contribution in [-0.4, -0.2) is 133 Å². The number of carbonyl (C=O) groups is 4. The van der Waals surface area contributed by atoms with Crippen LogP contribution in [0.3, 0.4) is 0 Å². The fourth-order valence-corrected chi connectivity index (χ4v) is 9.04. The van der Waals surface area contributed by atoms with Gasteiger partial charge in [0.2, 0.25) is 11.8 Å². The van der Waals surface area contributed by atoms with E-state index in [4.69, 9.17) is 19.7 Å². The number of urea groups is 2. The van der Waals surface area contributed by atoms with E-state index in [1.54, 1.807) is 11.9 Å². The molecule has 370 valence electrons. The fraction of sp³-hybridized carbons (Fsp3) is 0.922. The zero-order chi connectivity index (χ0) is 47.4. The Morgan fingerprint density at radius 2 is 0.810 bits per heavy atom. The molecule has 0 bridgehead atoms. The van der Waals surface area contributed by atoms with E-state index in [1.165, 1.54) is 40.4 Å². The maximum atomic E-state index is 12.3. The lowest BCUT2D eigenvalue weighted by atomic mass is 9.74. The van der Waals surface area contributed by atoms with Crippen LogP contribution in [0.25, 0.3) is 0 Å². The lowest BCUT2D eigenvalue weighted by Crippen LogP contribution is -2.33. The largest absolute Gasteiger partial charge is 0.396 e. The summed E-state index contributed by atoms with van der Waals surface area (Å²) in [6.07, 6.45) is 24.3. The van der Waals surface area contributed by atoms with E-state index >= 15 is 0 Å². The Morgan fingerprint density at radius 3 is 1.11 bits per heavy atom. The molecule has 0 aromatic heterocycles. The number of aliphatic hydroxyl groups is 2. The number of hydrogen-bond acceptors (Lipinski definition) is 8. The monoisotopic (exact) mass is 895 g/mol. The van der Waals surface area contributed by atoms with Crippen LogP contribution in [0.1, 0.15) is 204 Å². The van der Waals surface area contributed by atoms with Gasteiger partial charge in [0.25, 0.3) is 0 Å². The van der Waals surface area contributed by atoms with Crippen LogP contribution in [0, 0.1) is 21.7 Å². The smallest absolute Gasteiger partial charge is 0.327 e. The Hall–Kier alpha value is -2.28. The van der Waals surface area contributed by atoms with Crippen LogP contribution < -0.4 is 0 Å². The van der Waals surface area contributed by atoms with Gasteiger partial charge in [0, 0.05) is 66.3 Å². The van der Waals surface area contributed by atoms with Gasteiger partial charge in [-0.25, -0.2) is 9.59 Å². The molecule has 2 N–H and O–H groups in total. The van der Waals surface area contributed by atoms with Crippen LogP contribution in [0.5, 0.6) is 0 Å². The number of nitrogens with zero attached hydrogens (tertiary/aromatic N) is 4. The molecule has 12 nitrogen and oxygen atoms in total. The third-order valence-corrected chi connectivity index (χ3v) is 14.6. The van der Waals surface area contributed by atoms with Crippen LogP contribution in [0.15, 0.2) is 0 Å². The lowest BCUT2D eigenvalue weighted by molar-refractivity contribution is -0.126. The summed E-state index contributed by atoms with van der Waals surface area (Å²) in [5.41, 5.74) is 0.786. The molecule has 2 heterocycles. The van der Waals surface area contributed by atoms with E-state index < -0.39 is 0 Å². The van der Waals surface area contributed by atoms with Gasteiger partial charge in [0.05, 0.1) is 0 Å². The van der Waals surface area contributed by atoms with E-state index in [1.807, 2.05) is 6.92 Å². The Kier molecular flexibility index (Phi) is 29.5. The zero-order valence-corrected chi connectivity index (χ0v) is 42.5. The molecule has 0 unspecified atom stereocenters. The van der Waals surface area contributed by atoms with Crippen molar-refractivity contribution >= 4 is 23.9 Å². The maximum Gasteiger partial charge on any atom is 0.327 e. The first-order valence-electron chi connectivity index (χ1n) is 25.5. The highest BCUT2D eigenvalue weighted by atomic mass is 16.5. The van der Waals surface area contributed by atoms with Crippen molar-refractivity contribution in [1.29, 1.82) is 0 Å². The Labute approximate surface area is 385 Å². The van der Waals surface area contributed by atoms with Crippen LogP contribution in [-0.2, 0) is 19.1 Å². The second-order valence-corrected chi connectivity index (χ2v) is 20.6. The quantitative estimate of drug-likeness (QED) is 0.0464. The van der Waals surface area contributed by atoms with Crippen LogP contribution in [0.4, 0.5) is 9.59 Å². The number of carbonyl (C=O) groups excluding carboxylic acids is 4. The summed E-state index contributed by atoms with van der Waals surface area (Å²) in [6.45, 7) is 25.4. The second-order valence-electron chi connectivity index (χ2n) is 20.6. The summed E-state index contributed by atoms with van der Waals surface area (Å²) in [4.78, 5) is 54.5. The second kappa shape index (κ2) is 31.6. The molecule has 0 atom stereocenters. The van der Waals surface area contributed by atoms with Gasteiger partial charge in [0.1, 0.15) is 13.1 Å². The molecule has 2 fully saturated rings. The summed E-state index contributed by atoms with van der Waals surface area (Å²) in [5, 5.41) is 18.3. The molecular formula is C51H98N4O8. The number of likely N-dealkylation sites (N-methyl/N-ethyl adjacent to an activating group) is 2. The van der Waals surface area contributed by atoms with Gasteiger partial charge in [-0.3, -0.25) is 19.4 Å². The molecule has 0 aliphatic carbocycles. The number of ether oxygens (including phenoxy) is 2. The number of aliphatic hydroxyl groups excluding tert-OH is 2. The SMILES string of the molecule is CC(C)(CO)CCCCOCCCCC(C)(C)CO.CCN1CC(=O)N(CCCCC(CC)(CC)CCCCOCCCCC(CC)(CC)CCCCN2C(=O)CN(C)C2=O)C1=O. The number of amides is 6. The van der Waals surface area contributed by atoms with E-state index in [-0.39, 0.29) is 61.0 Å². The average Bonchev–Trinajstić information content (AvgIpc) is 3.69. The van der Waals surface area contributed by atoms with Crippen molar-refractivity contribution in [2.45, 2.75) is 204 Å². The van der Waals surface area contributed by atoms with Crippen molar-refractivity contribution in [1.82, 2.24) is 19.6 Å². The number of rotatable bonds is 37. The van der Waals surface area contributed by atoms with Crippen molar-refractivity contribution in [3.63, 3.8) is 0 Å². The minimum absolute atomic E-state index is 0.0515. The molecular weight excluding hydrogens is 797 g/mol. The first-order chi connectivity index (χ1) is 29.9. The zero-order valence-electron chi connectivity index (χ0n) is 42.5. The molecule has 2 saturated heterocycles. The van der Waals surface area contributed by atoms with Gasteiger partial charge in [0.15, 0.2) is 0 Å². The van der Waals surface area contributed by atoms with Gasteiger partial charge in [-0.2, -0.15) is 0 Å². The third-order valence-electron chi connectivity index (χ3n) is 14.6. The van der Waals surface area contributed by atoms with E-state index in [0.29, 0.717) is 30.5 Å². The van der Waals surface area contributed by atoms with E-state index in [9.17, 15) is 19.2 Å². The standard InChI is InChI=1S/C35H64N4O5.C16H34O3/c1-7-34(8-2,20-12-16-24-38-30(40)28-36(6)32(38)42)22-14-18-26-44-27-19-15-23-35(9-3,10-4)21-13-17-25-39-31(41)29-37(11-5)33(39)43;1-15(2,13-17)9-5-7-11-19-12-8-6-10-16(3,4)14-18/h7-29H2,1-6H3;17-18H,5-14H2,1-4H3. The summed E-state index contributed by atoms with van der Waals surface area (Å²) in [5.74, 6) is -0.128. The van der Waals surface area contributed by atoms with Crippen molar-refractivity contribution in [3.05, 3.63) is 0 Å². The molecule has 6 amide bonds. The third kappa shape index (κ3) is 22.7. The predicted octanol–water partition coefficient (Wildman–Crippen LogP) is 10.9. The van der Waals surface area contributed by atoms with Gasteiger partial charge in [-0.05, 0) is 106 Å². The summed E-state index contributed by atoms with van der Waals surface area (Å²) >= 11 is 0. The molecule has 2 aliphatic heterocycles. The molecule has 0 aromatic rings. The number of hydrogen-bond donors (Lipinski definition) is 2. The Morgan fingerprint density at radius 1 is 0.476 bits per heavy atom. The number of imide groups is 2. The van der Waals surface area contributed by atoms with Crippen molar-refractivity contribution < 1.29 is 38.9 Å². The highest BCUT2D eigenvalue weighted by molar-refractivity contribution is 6.02. The van der Waals surface area contributed by atoms with Crippen molar-refractivity contribution in [2.24, 2.45) is 21.7 Å². The van der Waals surface area contributed by atoms with E-state index in [0.717, 1.165) is 142 Å². The number of unbranched alkanes of at least 4 members (excludes halogenated alkanes) is 6. The maximum absolute atomic E-state index is 12.3. The summed E-state index contributed by atoms with van der Waals surface area (Å²) in [6, 6.07) is -0.283.